The lowest BCUT2D eigenvalue weighted by Gasteiger charge is -2.26. The summed E-state index contributed by atoms with van der Waals surface area (Å²) in [5.41, 5.74) is 2.23. The van der Waals surface area contributed by atoms with Crippen molar-refractivity contribution in [3.63, 3.8) is 0 Å². The Hall–Kier alpha value is -2.04. The highest BCUT2D eigenvalue weighted by molar-refractivity contribution is 6.31. The summed E-state index contributed by atoms with van der Waals surface area (Å²) in [4.78, 5) is 14.5. The van der Waals surface area contributed by atoms with Gasteiger partial charge in [0.25, 0.3) is 0 Å². The predicted molar refractivity (Wildman–Crippen MR) is 108 cm³/mol. The van der Waals surface area contributed by atoms with E-state index < -0.39 is 5.60 Å². The van der Waals surface area contributed by atoms with Crippen molar-refractivity contribution >= 4 is 23.3 Å². The Morgan fingerprint density at radius 2 is 1.85 bits per heavy atom. The van der Waals surface area contributed by atoms with Crippen LogP contribution < -0.4 is 5.32 Å². The van der Waals surface area contributed by atoms with E-state index in [1.165, 1.54) is 5.56 Å². The summed E-state index contributed by atoms with van der Waals surface area (Å²) in [5, 5.41) is 14.7. The van der Waals surface area contributed by atoms with E-state index in [9.17, 15) is 9.90 Å². The van der Waals surface area contributed by atoms with Gasteiger partial charge in [-0.3, -0.25) is 0 Å². The van der Waals surface area contributed by atoms with Gasteiger partial charge in [-0.05, 0) is 60.9 Å². The Kier molecular flexibility index (Phi) is 4.87. The average molecular weight is 385 g/mol. The number of nitrogens with zero attached hydrogens (tertiary/aromatic N) is 1. The van der Waals surface area contributed by atoms with Crippen molar-refractivity contribution in [3.8, 4) is 0 Å². The minimum absolute atomic E-state index is 0.0716. The maximum absolute atomic E-state index is 12.6. The van der Waals surface area contributed by atoms with E-state index in [1.807, 2.05) is 42.2 Å². The van der Waals surface area contributed by atoms with Gasteiger partial charge in [-0.15, -0.1) is 0 Å². The van der Waals surface area contributed by atoms with E-state index in [0.717, 1.165) is 24.1 Å². The van der Waals surface area contributed by atoms with Crippen LogP contribution in [-0.2, 0) is 6.42 Å². The fraction of sp³-hybridized carbons (Fsp3) is 0.409. The summed E-state index contributed by atoms with van der Waals surface area (Å²) < 4.78 is 0. The fourth-order valence-electron chi connectivity index (χ4n) is 4.67. The first-order valence-electron chi connectivity index (χ1n) is 9.50. The molecule has 3 atom stereocenters. The number of fused-ring (bicyclic) bond motifs is 1. The van der Waals surface area contributed by atoms with Gasteiger partial charge >= 0.3 is 6.03 Å². The fourth-order valence-corrected chi connectivity index (χ4v) is 4.79. The van der Waals surface area contributed by atoms with Crippen LogP contribution in [0.15, 0.2) is 48.5 Å². The van der Waals surface area contributed by atoms with Gasteiger partial charge in [-0.1, -0.05) is 41.9 Å². The van der Waals surface area contributed by atoms with Crippen LogP contribution in [0.1, 0.15) is 24.0 Å². The molecule has 0 bridgehead atoms. The van der Waals surface area contributed by atoms with Crippen LogP contribution in [0.25, 0.3) is 0 Å². The average Bonchev–Trinajstić information content (AvgIpc) is 3.14. The molecular formula is C22H25ClN2O2. The van der Waals surface area contributed by atoms with Crippen molar-refractivity contribution in [1.29, 1.82) is 0 Å². The number of nitrogens with one attached hydrogen (secondary N) is 1. The smallest absolute Gasteiger partial charge is 0.321 e. The Balaban J connectivity index is 1.35. The molecule has 142 valence electrons. The number of hydrogen-bond donors (Lipinski definition) is 2. The molecule has 2 N–H and O–H groups in total. The van der Waals surface area contributed by atoms with E-state index in [2.05, 4.69) is 17.4 Å². The second-order valence-corrected chi connectivity index (χ2v) is 8.52. The van der Waals surface area contributed by atoms with Crippen molar-refractivity contribution in [2.75, 3.05) is 18.4 Å². The second kappa shape index (κ2) is 7.17. The van der Waals surface area contributed by atoms with E-state index in [4.69, 9.17) is 11.6 Å². The largest absolute Gasteiger partial charge is 0.390 e. The molecule has 0 unspecified atom stereocenters. The summed E-state index contributed by atoms with van der Waals surface area (Å²) in [6.07, 6.45) is 2.21. The molecule has 2 amide bonds. The van der Waals surface area contributed by atoms with Gasteiger partial charge in [0, 0.05) is 30.2 Å². The number of benzene rings is 2. The van der Waals surface area contributed by atoms with E-state index in [0.29, 0.717) is 36.4 Å². The van der Waals surface area contributed by atoms with Gasteiger partial charge in [-0.25, -0.2) is 4.79 Å². The Morgan fingerprint density at radius 1 is 1.19 bits per heavy atom. The molecule has 5 heteroatoms. The topological polar surface area (TPSA) is 52.6 Å². The summed E-state index contributed by atoms with van der Waals surface area (Å²) in [7, 11) is 0. The second-order valence-electron chi connectivity index (χ2n) is 8.11. The van der Waals surface area contributed by atoms with Crippen LogP contribution in [0.3, 0.4) is 0 Å². The first-order valence-corrected chi connectivity index (χ1v) is 9.88. The molecule has 27 heavy (non-hydrogen) atoms. The molecule has 1 heterocycles. The highest BCUT2D eigenvalue weighted by Gasteiger charge is 2.49. The zero-order valence-corrected chi connectivity index (χ0v) is 16.2. The lowest BCUT2D eigenvalue weighted by molar-refractivity contribution is 0.0368. The van der Waals surface area contributed by atoms with Crippen LogP contribution >= 0.6 is 11.6 Å². The van der Waals surface area contributed by atoms with Gasteiger partial charge in [0.05, 0.1) is 5.60 Å². The first-order chi connectivity index (χ1) is 12.9. The Labute approximate surface area is 165 Å². The molecule has 1 aliphatic heterocycles. The number of anilines is 1. The molecule has 4 nitrogen and oxygen atoms in total. The SMILES string of the molecule is Cc1cc(NC(=O)N2C[C@@H]3C[C@@](O)(Cc4ccccc4)C[C@@H]3C2)ccc1Cl. The number of aryl methyl sites for hydroxylation is 1. The molecule has 2 aliphatic rings. The van der Waals surface area contributed by atoms with Gasteiger partial charge in [-0.2, -0.15) is 0 Å². The summed E-state index contributed by atoms with van der Waals surface area (Å²) in [5.74, 6) is 0.743. The number of halogens is 1. The normalized spacial score (nSPS) is 26.9. The molecule has 2 aromatic carbocycles. The number of urea groups is 1. The van der Waals surface area contributed by atoms with E-state index in [-0.39, 0.29) is 6.03 Å². The number of amides is 2. The van der Waals surface area contributed by atoms with Crippen molar-refractivity contribution < 1.29 is 9.90 Å². The van der Waals surface area contributed by atoms with Crippen molar-refractivity contribution in [1.82, 2.24) is 4.90 Å². The van der Waals surface area contributed by atoms with Gasteiger partial charge in [0.1, 0.15) is 0 Å². The number of aliphatic hydroxyl groups is 1. The zero-order valence-electron chi connectivity index (χ0n) is 15.5. The van der Waals surface area contributed by atoms with Gasteiger partial charge < -0.3 is 15.3 Å². The predicted octanol–water partition coefficient (Wildman–Crippen LogP) is 4.50. The minimum Gasteiger partial charge on any atom is -0.390 e. The number of carbonyl (C=O) groups is 1. The third-order valence-electron chi connectivity index (χ3n) is 5.93. The third kappa shape index (κ3) is 3.97. The molecule has 0 spiro atoms. The lowest BCUT2D eigenvalue weighted by atomic mass is 9.91. The summed E-state index contributed by atoms with van der Waals surface area (Å²) >= 11 is 6.05. The zero-order chi connectivity index (χ0) is 19.0. The van der Waals surface area contributed by atoms with Crippen molar-refractivity contribution in [3.05, 3.63) is 64.7 Å². The van der Waals surface area contributed by atoms with Gasteiger partial charge in [0.15, 0.2) is 0 Å². The molecular weight excluding hydrogens is 360 g/mol. The third-order valence-corrected chi connectivity index (χ3v) is 6.36. The monoisotopic (exact) mass is 384 g/mol. The number of hydrogen-bond acceptors (Lipinski definition) is 2. The number of rotatable bonds is 3. The van der Waals surface area contributed by atoms with Crippen molar-refractivity contribution in [2.45, 2.75) is 31.8 Å². The lowest BCUT2D eigenvalue weighted by Crippen LogP contribution is -2.36. The molecule has 4 rings (SSSR count). The van der Waals surface area contributed by atoms with E-state index in [1.54, 1.807) is 6.07 Å². The minimum atomic E-state index is -0.646. The standard InChI is InChI=1S/C22H25ClN2O2/c1-15-9-19(7-8-20(15)23)24-21(26)25-13-17-11-22(27,12-18(17)14-25)10-16-5-3-2-4-6-16/h2-9,17-18,27H,10-14H2,1H3,(H,24,26)/t17-,18+,22-. The maximum Gasteiger partial charge on any atom is 0.321 e. The molecule has 2 fully saturated rings. The number of likely N-dealkylation sites (tertiary alicyclic amines) is 1. The first kappa shape index (κ1) is 18.3. The highest BCUT2D eigenvalue weighted by atomic mass is 35.5. The molecule has 0 radical (unpaired) electrons. The van der Waals surface area contributed by atoms with Crippen LogP contribution in [0.4, 0.5) is 10.5 Å². The highest BCUT2D eigenvalue weighted by Crippen LogP contribution is 2.45. The molecule has 1 saturated heterocycles. The van der Waals surface area contributed by atoms with Crippen LogP contribution in [0.2, 0.25) is 5.02 Å². The van der Waals surface area contributed by atoms with Crippen LogP contribution in [0.5, 0.6) is 0 Å². The maximum atomic E-state index is 12.6. The molecule has 1 saturated carbocycles. The summed E-state index contributed by atoms with van der Waals surface area (Å²) in [6.45, 7) is 3.34. The van der Waals surface area contributed by atoms with Gasteiger partial charge in [0.2, 0.25) is 0 Å². The number of carbonyl (C=O) groups excluding carboxylic acids is 1. The Morgan fingerprint density at radius 3 is 2.48 bits per heavy atom. The summed E-state index contributed by atoms with van der Waals surface area (Å²) in [6, 6.07) is 15.6. The van der Waals surface area contributed by atoms with Crippen LogP contribution in [-0.4, -0.2) is 34.7 Å². The quantitative estimate of drug-likeness (QED) is 0.818. The van der Waals surface area contributed by atoms with Crippen LogP contribution in [0, 0.1) is 18.8 Å². The Bertz CT molecular complexity index is 825. The molecule has 1 aliphatic carbocycles. The van der Waals surface area contributed by atoms with E-state index >= 15 is 0 Å². The van der Waals surface area contributed by atoms with Crippen molar-refractivity contribution in [2.24, 2.45) is 11.8 Å². The molecule has 0 aromatic heterocycles. The molecule has 2 aromatic rings.